The molecule has 1 heterocycles. The Morgan fingerprint density at radius 3 is 2.02 bits per heavy atom. The highest BCUT2D eigenvalue weighted by Crippen LogP contribution is 2.73. The van der Waals surface area contributed by atoms with Crippen LogP contribution in [-0.4, -0.2) is 0 Å². The van der Waals surface area contributed by atoms with Crippen LogP contribution >= 0.6 is 0 Å². The summed E-state index contributed by atoms with van der Waals surface area (Å²) in [5.74, 6) is 5.02. The summed E-state index contributed by atoms with van der Waals surface area (Å²) in [6.45, 7) is 14.5. The Balaban J connectivity index is 1.06. The molecule has 13 rings (SSSR count). The summed E-state index contributed by atoms with van der Waals surface area (Å²) in [6.07, 6.45) is 7.83. The highest BCUT2D eigenvalue weighted by molar-refractivity contribution is 5.88. The predicted octanol–water partition coefficient (Wildman–Crippen LogP) is 14.9. The zero-order valence-electron chi connectivity index (χ0n) is 35.0. The first-order valence-electron chi connectivity index (χ1n) is 22.2. The first-order chi connectivity index (χ1) is 27.9. The van der Waals surface area contributed by atoms with Gasteiger partial charge in [0.2, 0.25) is 0 Å². The molecule has 1 aliphatic heterocycles. The number of hydrogen-bond acceptors (Lipinski definition) is 2. The normalized spacial score (nSPS) is 26.7. The van der Waals surface area contributed by atoms with E-state index in [0.717, 1.165) is 23.3 Å². The molecule has 1 spiro atoms. The van der Waals surface area contributed by atoms with Crippen molar-refractivity contribution in [3.8, 4) is 33.8 Å². The third kappa shape index (κ3) is 4.61. The van der Waals surface area contributed by atoms with Crippen molar-refractivity contribution in [1.82, 2.24) is 0 Å². The zero-order valence-corrected chi connectivity index (χ0v) is 35.0. The monoisotopic (exact) mass is 757 g/mol. The van der Waals surface area contributed by atoms with Gasteiger partial charge in [-0.05, 0) is 160 Å². The van der Waals surface area contributed by atoms with Crippen molar-refractivity contribution in [1.29, 1.82) is 0 Å². The lowest BCUT2D eigenvalue weighted by Gasteiger charge is -2.50. The average Bonchev–Trinajstić information content (AvgIpc) is 3.74. The number of anilines is 3. The number of nitrogens with zero attached hydrogens (tertiary/aromatic N) is 1. The minimum Gasteiger partial charge on any atom is -0.457 e. The lowest BCUT2D eigenvalue weighted by Crippen LogP contribution is -2.44. The molecule has 6 aliphatic carbocycles. The summed E-state index contributed by atoms with van der Waals surface area (Å²) in [5, 5.41) is 0. The Bertz CT molecular complexity index is 2670. The first-order valence-corrected chi connectivity index (χ1v) is 22.2. The van der Waals surface area contributed by atoms with Gasteiger partial charge in [-0.25, -0.2) is 0 Å². The molecular formula is C56H55NO. The topological polar surface area (TPSA) is 12.5 Å². The number of fused-ring (bicyclic) bond motifs is 6. The molecule has 5 unspecified atom stereocenters. The van der Waals surface area contributed by atoms with E-state index in [1.807, 2.05) is 0 Å². The van der Waals surface area contributed by atoms with Crippen LogP contribution in [0.15, 0.2) is 127 Å². The van der Waals surface area contributed by atoms with Crippen molar-refractivity contribution in [2.45, 2.75) is 102 Å². The maximum atomic E-state index is 7.02. The van der Waals surface area contributed by atoms with Crippen molar-refractivity contribution in [2.75, 3.05) is 4.90 Å². The van der Waals surface area contributed by atoms with E-state index in [-0.39, 0.29) is 21.7 Å². The summed E-state index contributed by atoms with van der Waals surface area (Å²) in [5.41, 5.74) is 17.8. The summed E-state index contributed by atoms with van der Waals surface area (Å²) >= 11 is 0. The lowest BCUT2D eigenvalue weighted by atomic mass is 9.56. The number of hydrogen-bond donors (Lipinski definition) is 0. The minimum atomic E-state index is -0.102. The maximum absolute atomic E-state index is 7.02. The van der Waals surface area contributed by atoms with Crippen LogP contribution in [0.2, 0.25) is 0 Å². The second-order valence-corrected chi connectivity index (χ2v) is 20.8. The number of rotatable bonds is 4. The number of ether oxygens (including phenoxy) is 1. The van der Waals surface area contributed by atoms with Gasteiger partial charge in [0.05, 0.1) is 5.69 Å². The molecule has 0 radical (unpaired) electrons. The average molecular weight is 758 g/mol. The molecule has 2 nitrogen and oxygen atoms in total. The van der Waals surface area contributed by atoms with Gasteiger partial charge in [0.25, 0.3) is 0 Å². The highest BCUT2D eigenvalue weighted by atomic mass is 16.5. The Kier molecular flexibility index (Phi) is 7.09. The van der Waals surface area contributed by atoms with Crippen molar-refractivity contribution in [3.05, 3.63) is 161 Å². The van der Waals surface area contributed by atoms with Crippen LogP contribution < -0.4 is 9.64 Å². The SMILES string of the molecule is CC1(C)CCC(C)(C)c2cc(-c3ccc(N(c4ccc5c(c4)C(C)(C)c4ccccc4-5)c4cccc5c4C4(c6ccccc6O5)C5CC6CC(C5)C4C6)cc3)ccc21. The third-order valence-corrected chi connectivity index (χ3v) is 16.6. The van der Waals surface area contributed by atoms with Crippen LogP contribution in [-0.2, 0) is 21.7 Å². The van der Waals surface area contributed by atoms with Gasteiger partial charge < -0.3 is 9.64 Å². The van der Waals surface area contributed by atoms with Crippen LogP contribution in [0, 0.1) is 23.7 Å². The van der Waals surface area contributed by atoms with Crippen molar-refractivity contribution < 1.29 is 4.74 Å². The largest absolute Gasteiger partial charge is 0.457 e. The van der Waals surface area contributed by atoms with E-state index in [9.17, 15) is 0 Å². The molecule has 0 aromatic heterocycles. The molecule has 4 saturated carbocycles. The van der Waals surface area contributed by atoms with Gasteiger partial charge in [0, 0.05) is 33.3 Å². The number of benzene rings is 6. The van der Waals surface area contributed by atoms with Crippen molar-refractivity contribution in [3.63, 3.8) is 0 Å². The van der Waals surface area contributed by atoms with E-state index < -0.39 is 0 Å². The summed E-state index contributed by atoms with van der Waals surface area (Å²) < 4.78 is 7.02. The van der Waals surface area contributed by atoms with Gasteiger partial charge in [-0.1, -0.05) is 126 Å². The third-order valence-electron chi connectivity index (χ3n) is 16.6. The van der Waals surface area contributed by atoms with E-state index >= 15 is 0 Å². The van der Waals surface area contributed by atoms with Crippen LogP contribution in [0.25, 0.3) is 22.3 Å². The van der Waals surface area contributed by atoms with E-state index in [1.165, 1.54) is 111 Å². The van der Waals surface area contributed by atoms with Gasteiger partial charge in [0.1, 0.15) is 11.5 Å². The molecule has 7 aliphatic rings. The van der Waals surface area contributed by atoms with Gasteiger partial charge in [-0.15, -0.1) is 0 Å². The molecule has 5 atom stereocenters. The first kappa shape index (κ1) is 34.9. The standard InChI is InChI=1S/C56H55NO/c1-53(2)26-27-54(3,4)48-32-36(20-25-44(48)53)35-18-21-39(22-19-35)57(40-23-24-42-41-12-7-8-13-43(41)55(5,6)47(42)33-40)49-15-11-17-51-52(49)56(45-14-9-10-16-50(45)58-51)38-29-34-28-37(31-38)46(56)30-34/h7-25,32-34,37-38,46H,26-31H2,1-6H3. The summed E-state index contributed by atoms with van der Waals surface area (Å²) in [7, 11) is 0. The smallest absolute Gasteiger partial charge is 0.133 e. The molecule has 6 aromatic carbocycles. The van der Waals surface area contributed by atoms with Crippen LogP contribution in [0.1, 0.15) is 113 Å². The fourth-order valence-corrected chi connectivity index (χ4v) is 13.8. The molecule has 4 bridgehead atoms. The second-order valence-electron chi connectivity index (χ2n) is 20.8. The highest BCUT2D eigenvalue weighted by Gasteiger charge is 2.66. The predicted molar refractivity (Wildman–Crippen MR) is 239 cm³/mol. The molecule has 0 saturated heterocycles. The molecule has 58 heavy (non-hydrogen) atoms. The van der Waals surface area contributed by atoms with Crippen LogP contribution in [0.4, 0.5) is 17.1 Å². The second kappa shape index (κ2) is 11.8. The summed E-state index contributed by atoms with van der Waals surface area (Å²) in [6, 6.07) is 49.1. The lowest BCUT2D eigenvalue weighted by molar-refractivity contribution is 0.174. The fraction of sp³-hybridized carbons (Fsp3) is 0.357. The van der Waals surface area contributed by atoms with E-state index in [0.29, 0.717) is 11.8 Å². The number of para-hydroxylation sites is 1. The molecule has 4 fully saturated rings. The van der Waals surface area contributed by atoms with Gasteiger partial charge >= 0.3 is 0 Å². The zero-order chi connectivity index (χ0) is 39.3. The van der Waals surface area contributed by atoms with Gasteiger partial charge in [-0.2, -0.15) is 0 Å². The maximum Gasteiger partial charge on any atom is 0.133 e. The van der Waals surface area contributed by atoms with Gasteiger partial charge in [0.15, 0.2) is 0 Å². The Morgan fingerprint density at radius 1 is 0.517 bits per heavy atom. The molecule has 0 N–H and O–H groups in total. The molecular weight excluding hydrogens is 703 g/mol. The molecule has 6 aromatic rings. The van der Waals surface area contributed by atoms with Crippen molar-refractivity contribution in [2.24, 2.45) is 23.7 Å². The van der Waals surface area contributed by atoms with E-state index in [1.54, 1.807) is 0 Å². The van der Waals surface area contributed by atoms with E-state index in [4.69, 9.17) is 4.74 Å². The molecule has 2 heteroatoms. The molecule has 290 valence electrons. The van der Waals surface area contributed by atoms with Crippen LogP contribution in [0.3, 0.4) is 0 Å². The quantitative estimate of drug-likeness (QED) is 0.178. The Labute approximate surface area is 345 Å². The van der Waals surface area contributed by atoms with E-state index in [2.05, 4.69) is 174 Å². The van der Waals surface area contributed by atoms with Gasteiger partial charge in [-0.3, -0.25) is 0 Å². The fourth-order valence-electron chi connectivity index (χ4n) is 13.8. The van der Waals surface area contributed by atoms with Crippen molar-refractivity contribution >= 4 is 17.1 Å². The Hall–Kier alpha value is -5.08. The summed E-state index contributed by atoms with van der Waals surface area (Å²) in [4.78, 5) is 2.60. The van der Waals surface area contributed by atoms with Crippen LogP contribution in [0.5, 0.6) is 11.5 Å². The molecule has 0 amide bonds. The minimum absolute atomic E-state index is 0.0629. The Morgan fingerprint density at radius 2 is 1.21 bits per heavy atom.